The van der Waals surface area contributed by atoms with Crippen LogP contribution in [0.4, 0.5) is 4.39 Å². The van der Waals surface area contributed by atoms with Gasteiger partial charge in [0, 0.05) is 13.0 Å². The van der Waals surface area contributed by atoms with Gasteiger partial charge in [0.2, 0.25) is 15.9 Å². The summed E-state index contributed by atoms with van der Waals surface area (Å²) in [5, 5.41) is 0. The van der Waals surface area contributed by atoms with Crippen molar-refractivity contribution in [2.24, 2.45) is 5.92 Å². The molecule has 1 saturated heterocycles. The molecule has 1 heterocycles. The number of hydrogen-bond acceptors (Lipinski definition) is 4. The zero-order chi connectivity index (χ0) is 18.6. The zero-order valence-electron chi connectivity index (χ0n) is 14.2. The quantitative estimate of drug-likeness (QED) is 0.760. The number of hydrazine groups is 1. The Morgan fingerprint density at radius 2 is 1.88 bits per heavy atom. The van der Waals surface area contributed by atoms with Crippen LogP contribution in [0.1, 0.15) is 33.1 Å². The monoisotopic (exact) mass is 371 g/mol. The number of rotatable bonds is 5. The van der Waals surface area contributed by atoms with Crippen molar-refractivity contribution in [3.63, 3.8) is 0 Å². The number of sulfonamides is 1. The molecule has 0 bridgehead atoms. The van der Waals surface area contributed by atoms with E-state index in [1.165, 1.54) is 12.1 Å². The molecule has 25 heavy (non-hydrogen) atoms. The molecule has 138 valence electrons. The zero-order valence-corrected chi connectivity index (χ0v) is 15.0. The molecule has 1 aromatic rings. The van der Waals surface area contributed by atoms with Gasteiger partial charge in [-0.1, -0.05) is 13.8 Å². The second-order valence-electron chi connectivity index (χ2n) is 6.36. The largest absolute Gasteiger partial charge is 0.273 e. The summed E-state index contributed by atoms with van der Waals surface area (Å²) in [4.78, 5) is 23.8. The number of nitrogens with one attached hydrogen (secondary N) is 2. The van der Waals surface area contributed by atoms with E-state index in [0.717, 1.165) is 16.4 Å². The van der Waals surface area contributed by atoms with Crippen molar-refractivity contribution < 1.29 is 22.4 Å². The van der Waals surface area contributed by atoms with Gasteiger partial charge in [0.15, 0.2) is 0 Å². The second-order valence-corrected chi connectivity index (χ2v) is 8.25. The maximum atomic E-state index is 13.0. The lowest BCUT2D eigenvalue weighted by atomic mass is 10.1. The van der Waals surface area contributed by atoms with Gasteiger partial charge in [0.25, 0.3) is 5.91 Å². The predicted octanol–water partition coefficient (Wildman–Crippen LogP) is 1.17. The van der Waals surface area contributed by atoms with Crippen molar-refractivity contribution in [2.45, 2.75) is 44.0 Å². The van der Waals surface area contributed by atoms with Gasteiger partial charge >= 0.3 is 0 Å². The van der Waals surface area contributed by atoms with Crippen LogP contribution < -0.4 is 10.9 Å². The van der Waals surface area contributed by atoms with Gasteiger partial charge in [-0.25, -0.2) is 12.8 Å². The minimum Gasteiger partial charge on any atom is -0.273 e. The number of halogens is 1. The summed E-state index contributed by atoms with van der Waals surface area (Å²) in [6.07, 6.45) is 1.13. The number of nitrogens with zero attached hydrogens (tertiary/aromatic N) is 1. The first-order valence-electron chi connectivity index (χ1n) is 8.08. The Labute approximate surface area is 146 Å². The fraction of sp³-hybridized carbons (Fsp3) is 0.500. The molecular weight excluding hydrogens is 349 g/mol. The van der Waals surface area contributed by atoms with E-state index in [4.69, 9.17) is 0 Å². The van der Waals surface area contributed by atoms with Crippen LogP contribution in [0.25, 0.3) is 0 Å². The summed E-state index contributed by atoms with van der Waals surface area (Å²) in [6, 6.07) is 3.55. The van der Waals surface area contributed by atoms with Crippen LogP contribution in [0.2, 0.25) is 0 Å². The summed E-state index contributed by atoms with van der Waals surface area (Å²) in [7, 11) is -3.91. The fourth-order valence-electron chi connectivity index (χ4n) is 2.67. The standard InChI is InChI=1S/C16H22FN3O4S/c1-11(2)10-15(21)18-19-16(22)14-4-3-9-20(14)25(23,24)13-7-5-12(17)6-8-13/h5-8,11,14H,3-4,9-10H2,1-2H3,(H,18,21)(H,19,22)/t14-/m1/s1. The van der Waals surface area contributed by atoms with Crippen molar-refractivity contribution in [3.05, 3.63) is 30.1 Å². The Morgan fingerprint density at radius 3 is 2.48 bits per heavy atom. The Kier molecular flexibility index (Phi) is 6.12. The molecule has 1 fully saturated rings. The van der Waals surface area contributed by atoms with E-state index in [1.807, 2.05) is 13.8 Å². The van der Waals surface area contributed by atoms with E-state index < -0.39 is 27.8 Å². The molecule has 1 aromatic carbocycles. The minimum absolute atomic E-state index is 0.0718. The first kappa shape index (κ1) is 19.3. The van der Waals surface area contributed by atoms with Crippen LogP contribution in [0, 0.1) is 11.7 Å². The van der Waals surface area contributed by atoms with Crippen molar-refractivity contribution >= 4 is 21.8 Å². The third-order valence-electron chi connectivity index (χ3n) is 3.85. The molecule has 2 N–H and O–H groups in total. The van der Waals surface area contributed by atoms with Gasteiger partial charge in [0.1, 0.15) is 11.9 Å². The van der Waals surface area contributed by atoms with Crippen LogP contribution in [-0.2, 0) is 19.6 Å². The lowest BCUT2D eigenvalue weighted by molar-refractivity contribution is -0.131. The fourth-order valence-corrected chi connectivity index (χ4v) is 4.32. The number of amides is 2. The molecule has 9 heteroatoms. The average molecular weight is 371 g/mol. The molecule has 2 rings (SSSR count). The molecule has 2 amide bonds. The SMILES string of the molecule is CC(C)CC(=O)NNC(=O)[C@H]1CCCN1S(=O)(=O)c1ccc(F)cc1. The third-order valence-corrected chi connectivity index (χ3v) is 5.77. The predicted molar refractivity (Wildman–Crippen MR) is 89.1 cm³/mol. The highest BCUT2D eigenvalue weighted by Gasteiger charge is 2.39. The normalized spacial score (nSPS) is 18.3. The van der Waals surface area contributed by atoms with Crippen LogP contribution in [0.5, 0.6) is 0 Å². The molecule has 0 unspecified atom stereocenters. The molecule has 1 aliphatic heterocycles. The van der Waals surface area contributed by atoms with E-state index >= 15 is 0 Å². The summed E-state index contributed by atoms with van der Waals surface area (Å²) < 4.78 is 39.5. The summed E-state index contributed by atoms with van der Waals surface area (Å²) in [6.45, 7) is 3.93. The molecule has 0 saturated carbocycles. The maximum Gasteiger partial charge on any atom is 0.256 e. The Hall–Kier alpha value is -2.00. The number of benzene rings is 1. The van der Waals surface area contributed by atoms with Crippen LogP contribution in [0.3, 0.4) is 0 Å². The highest BCUT2D eigenvalue weighted by Crippen LogP contribution is 2.26. The van der Waals surface area contributed by atoms with Gasteiger partial charge in [-0.15, -0.1) is 0 Å². The lowest BCUT2D eigenvalue weighted by Gasteiger charge is -2.23. The Balaban J connectivity index is 2.07. The van der Waals surface area contributed by atoms with E-state index in [1.54, 1.807) is 0 Å². The van der Waals surface area contributed by atoms with Crippen LogP contribution in [0.15, 0.2) is 29.2 Å². The van der Waals surface area contributed by atoms with Crippen molar-refractivity contribution in [1.29, 1.82) is 0 Å². The smallest absolute Gasteiger partial charge is 0.256 e. The van der Waals surface area contributed by atoms with Gasteiger partial charge in [-0.05, 0) is 43.0 Å². The van der Waals surface area contributed by atoms with Gasteiger partial charge in [-0.3, -0.25) is 20.4 Å². The number of hydrogen-bond donors (Lipinski definition) is 2. The van der Waals surface area contributed by atoms with Crippen molar-refractivity contribution in [2.75, 3.05) is 6.54 Å². The minimum atomic E-state index is -3.91. The molecule has 0 spiro atoms. The van der Waals surface area contributed by atoms with E-state index in [9.17, 15) is 22.4 Å². The molecule has 7 nitrogen and oxygen atoms in total. The summed E-state index contributed by atoms with van der Waals surface area (Å²) in [5.41, 5.74) is 4.59. The maximum absolute atomic E-state index is 13.0. The molecular formula is C16H22FN3O4S. The highest BCUT2D eigenvalue weighted by atomic mass is 32.2. The van der Waals surface area contributed by atoms with Gasteiger partial charge in [0.05, 0.1) is 4.90 Å². The molecule has 1 aliphatic rings. The first-order chi connectivity index (χ1) is 11.7. The van der Waals surface area contributed by atoms with E-state index in [-0.39, 0.29) is 29.7 Å². The number of carbonyl (C=O) groups is 2. The lowest BCUT2D eigenvalue weighted by Crippen LogP contribution is -2.51. The van der Waals surface area contributed by atoms with Crippen LogP contribution in [-0.4, -0.2) is 37.1 Å². The Bertz CT molecular complexity index is 734. The van der Waals surface area contributed by atoms with Gasteiger partial charge < -0.3 is 0 Å². The van der Waals surface area contributed by atoms with Crippen molar-refractivity contribution in [3.8, 4) is 0 Å². The molecule has 0 aliphatic carbocycles. The highest BCUT2D eigenvalue weighted by molar-refractivity contribution is 7.89. The second kappa shape index (κ2) is 7.92. The van der Waals surface area contributed by atoms with Gasteiger partial charge in [-0.2, -0.15) is 4.31 Å². The van der Waals surface area contributed by atoms with E-state index in [0.29, 0.717) is 12.8 Å². The van der Waals surface area contributed by atoms with Crippen LogP contribution >= 0.6 is 0 Å². The topological polar surface area (TPSA) is 95.6 Å². The molecule has 0 radical (unpaired) electrons. The summed E-state index contributed by atoms with van der Waals surface area (Å²) in [5.74, 6) is -1.32. The average Bonchev–Trinajstić information content (AvgIpc) is 3.03. The van der Waals surface area contributed by atoms with E-state index in [2.05, 4.69) is 10.9 Å². The first-order valence-corrected chi connectivity index (χ1v) is 9.52. The third kappa shape index (κ3) is 4.76. The molecule has 1 atom stereocenters. The van der Waals surface area contributed by atoms with Crippen molar-refractivity contribution in [1.82, 2.24) is 15.2 Å². The Morgan fingerprint density at radius 1 is 1.24 bits per heavy atom. The number of carbonyl (C=O) groups excluding carboxylic acids is 2. The summed E-state index contributed by atoms with van der Waals surface area (Å²) >= 11 is 0. The molecule has 0 aromatic heterocycles.